The van der Waals surface area contributed by atoms with Crippen molar-refractivity contribution >= 4 is 5.91 Å². The SMILES string of the molecule is NC(=O)COC1CCC(O)C(CO)O1. The van der Waals surface area contributed by atoms with E-state index in [2.05, 4.69) is 0 Å². The summed E-state index contributed by atoms with van der Waals surface area (Å²) >= 11 is 0. The summed E-state index contributed by atoms with van der Waals surface area (Å²) in [5, 5.41) is 18.2. The van der Waals surface area contributed by atoms with Crippen LogP contribution in [0.15, 0.2) is 0 Å². The molecule has 82 valence electrons. The Morgan fingerprint density at radius 1 is 1.57 bits per heavy atom. The molecule has 1 heterocycles. The van der Waals surface area contributed by atoms with Crippen LogP contribution in [0, 0.1) is 0 Å². The van der Waals surface area contributed by atoms with Gasteiger partial charge in [0.1, 0.15) is 12.7 Å². The minimum Gasteiger partial charge on any atom is -0.394 e. The number of aliphatic hydroxyl groups is 2. The number of aliphatic hydroxyl groups excluding tert-OH is 2. The normalized spacial score (nSPS) is 32.9. The number of hydrogen-bond donors (Lipinski definition) is 3. The van der Waals surface area contributed by atoms with Gasteiger partial charge in [-0.15, -0.1) is 0 Å². The van der Waals surface area contributed by atoms with Crippen molar-refractivity contribution in [2.75, 3.05) is 13.2 Å². The van der Waals surface area contributed by atoms with Crippen LogP contribution in [-0.4, -0.2) is 47.8 Å². The van der Waals surface area contributed by atoms with E-state index in [1.54, 1.807) is 0 Å². The summed E-state index contributed by atoms with van der Waals surface area (Å²) in [6.45, 7) is -0.476. The smallest absolute Gasteiger partial charge is 0.243 e. The Labute approximate surface area is 81.6 Å². The van der Waals surface area contributed by atoms with Crippen molar-refractivity contribution in [2.45, 2.75) is 31.3 Å². The Kier molecular flexibility index (Phi) is 4.27. The summed E-state index contributed by atoms with van der Waals surface area (Å²) in [5.41, 5.74) is 4.89. The van der Waals surface area contributed by atoms with Crippen molar-refractivity contribution < 1.29 is 24.5 Å². The third kappa shape index (κ3) is 3.22. The van der Waals surface area contributed by atoms with Gasteiger partial charge >= 0.3 is 0 Å². The van der Waals surface area contributed by atoms with Gasteiger partial charge in [-0.3, -0.25) is 4.79 Å². The summed E-state index contributed by atoms with van der Waals surface area (Å²) in [6, 6.07) is 0. The number of ether oxygens (including phenoxy) is 2. The van der Waals surface area contributed by atoms with Gasteiger partial charge in [0.25, 0.3) is 0 Å². The molecule has 3 atom stereocenters. The van der Waals surface area contributed by atoms with Gasteiger partial charge in [-0.1, -0.05) is 0 Å². The standard InChI is InChI=1S/C8H15NO5/c9-7(12)4-13-8-2-1-5(11)6(3-10)14-8/h5-6,8,10-11H,1-4H2,(H2,9,12). The summed E-state index contributed by atoms with van der Waals surface area (Å²) in [7, 11) is 0. The number of amides is 1. The molecule has 0 spiro atoms. The second-order valence-corrected chi connectivity index (χ2v) is 3.21. The zero-order chi connectivity index (χ0) is 10.6. The average Bonchev–Trinajstić information content (AvgIpc) is 2.16. The molecule has 1 saturated heterocycles. The summed E-state index contributed by atoms with van der Waals surface area (Å²) in [6.07, 6.45) is -0.905. The molecule has 1 fully saturated rings. The van der Waals surface area contributed by atoms with Crippen LogP contribution in [0.25, 0.3) is 0 Å². The zero-order valence-corrected chi connectivity index (χ0v) is 7.76. The third-order valence-corrected chi connectivity index (χ3v) is 2.05. The fourth-order valence-electron chi connectivity index (χ4n) is 1.31. The largest absolute Gasteiger partial charge is 0.394 e. The number of hydrogen-bond acceptors (Lipinski definition) is 5. The molecule has 0 saturated carbocycles. The summed E-state index contributed by atoms with van der Waals surface area (Å²) in [4.78, 5) is 10.4. The van der Waals surface area contributed by atoms with Gasteiger partial charge in [0.05, 0.1) is 12.7 Å². The molecule has 6 nitrogen and oxygen atoms in total. The lowest BCUT2D eigenvalue weighted by atomic mass is 10.1. The third-order valence-electron chi connectivity index (χ3n) is 2.05. The predicted molar refractivity (Wildman–Crippen MR) is 46.1 cm³/mol. The molecule has 3 unspecified atom stereocenters. The summed E-state index contributed by atoms with van der Waals surface area (Å²) in [5.74, 6) is -0.569. The maximum absolute atomic E-state index is 10.4. The maximum atomic E-state index is 10.4. The topological polar surface area (TPSA) is 102 Å². The highest BCUT2D eigenvalue weighted by molar-refractivity contribution is 5.74. The van der Waals surface area contributed by atoms with Gasteiger partial charge in [0.15, 0.2) is 6.29 Å². The van der Waals surface area contributed by atoms with Gasteiger partial charge in [-0.25, -0.2) is 0 Å². The molecule has 0 aromatic carbocycles. The number of carbonyl (C=O) groups excluding carboxylic acids is 1. The second-order valence-electron chi connectivity index (χ2n) is 3.21. The highest BCUT2D eigenvalue weighted by atomic mass is 16.7. The summed E-state index contributed by atoms with van der Waals surface area (Å²) < 4.78 is 10.2. The highest BCUT2D eigenvalue weighted by Gasteiger charge is 2.29. The number of carbonyl (C=O) groups is 1. The van der Waals surface area contributed by atoms with Crippen LogP contribution in [0.4, 0.5) is 0 Å². The Balaban J connectivity index is 2.31. The quantitative estimate of drug-likeness (QED) is 0.510. The predicted octanol–water partition coefficient (Wildman–Crippen LogP) is -1.65. The zero-order valence-electron chi connectivity index (χ0n) is 7.76. The molecular weight excluding hydrogens is 190 g/mol. The molecule has 1 amide bonds. The molecule has 0 aromatic rings. The van der Waals surface area contributed by atoms with Gasteiger partial charge in [0.2, 0.25) is 5.91 Å². The van der Waals surface area contributed by atoms with Crippen molar-refractivity contribution in [3.63, 3.8) is 0 Å². The van der Waals surface area contributed by atoms with Gasteiger partial charge in [-0.05, 0) is 6.42 Å². The Morgan fingerprint density at radius 3 is 2.86 bits per heavy atom. The van der Waals surface area contributed by atoms with E-state index in [4.69, 9.17) is 20.3 Å². The molecule has 1 rings (SSSR count). The molecule has 1 aliphatic rings. The van der Waals surface area contributed by atoms with E-state index >= 15 is 0 Å². The van der Waals surface area contributed by atoms with Crippen LogP contribution in [0.1, 0.15) is 12.8 Å². The van der Waals surface area contributed by atoms with Crippen LogP contribution >= 0.6 is 0 Å². The average molecular weight is 205 g/mol. The van der Waals surface area contributed by atoms with E-state index < -0.39 is 24.4 Å². The Bertz CT molecular complexity index is 198. The van der Waals surface area contributed by atoms with E-state index in [1.165, 1.54) is 0 Å². The first-order chi connectivity index (χ1) is 6.63. The van der Waals surface area contributed by atoms with Crippen LogP contribution in [-0.2, 0) is 14.3 Å². The molecule has 1 aliphatic heterocycles. The van der Waals surface area contributed by atoms with E-state index in [0.717, 1.165) is 0 Å². The molecule has 6 heteroatoms. The highest BCUT2D eigenvalue weighted by Crippen LogP contribution is 2.19. The van der Waals surface area contributed by atoms with Crippen LogP contribution in [0.2, 0.25) is 0 Å². The monoisotopic (exact) mass is 205 g/mol. The Morgan fingerprint density at radius 2 is 2.29 bits per heavy atom. The lowest BCUT2D eigenvalue weighted by Gasteiger charge is -2.32. The van der Waals surface area contributed by atoms with Crippen molar-refractivity contribution in [3.8, 4) is 0 Å². The van der Waals surface area contributed by atoms with Crippen molar-refractivity contribution in [1.82, 2.24) is 0 Å². The minimum atomic E-state index is -0.673. The van der Waals surface area contributed by atoms with Crippen molar-refractivity contribution in [2.24, 2.45) is 5.73 Å². The second kappa shape index (κ2) is 5.26. The number of rotatable bonds is 4. The fourth-order valence-corrected chi connectivity index (χ4v) is 1.31. The molecule has 0 aliphatic carbocycles. The van der Waals surface area contributed by atoms with Crippen molar-refractivity contribution in [3.05, 3.63) is 0 Å². The van der Waals surface area contributed by atoms with Crippen LogP contribution in [0.5, 0.6) is 0 Å². The van der Waals surface area contributed by atoms with Crippen LogP contribution in [0.3, 0.4) is 0 Å². The van der Waals surface area contributed by atoms with Crippen molar-refractivity contribution in [1.29, 1.82) is 0 Å². The van der Waals surface area contributed by atoms with Gasteiger partial charge < -0.3 is 25.4 Å². The molecule has 0 radical (unpaired) electrons. The van der Waals surface area contributed by atoms with E-state index in [9.17, 15) is 9.90 Å². The molecule has 0 aromatic heterocycles. The van der Waals surface area contributed by atoms with E-state index in [1.807, 2.05) is 0 Å². The molecule has 4 N–H and O–H groups in total. The maximum Gasteiger partial charge on any atom is 0.243 e. The number of nitrogens with two attached hydrogens (primary N) is 1. The first kappa shape index (κ1) is 11.4. The van der Waals surface area contributed by atoms with Gasteiger partial charge in [-0.2, -0.15) is 0 Å². The van der Waals surface area contributed by atoms with E-state index in [0.29, 0.717) is 12.8 Å². The van der Waals surface area contributed by atoms with Gasteiger partial charge in [0, 0.05) is 6.42 Å². The van der Waals surface area contributed by atoms with E-state index in [-0.39, 0.29) is 13.2 Å². The van der Waals surface area contributed by atoms with Crippen LogP contribution < -0.4 is 5.73 Å². The molecular formula is C8H15NO5. The fraction of sp³-hybridized carbons (Fsp3) is 0.875. The first-order valence-corrected chi connectivity index (χ1v) is 4.47. The minimum absolute atomic E-state index is 0.209. The first-order valence-electron chi connectivity index (χ1n) is 4.47. The lowest BCUT2D eigenvalue weighted by Crippen LogP contribution is -2.42. The molecule has 14 heavy (non-hydrogen) atoms. The molecule has 0 bridgehead atoms. The lowest BCUT2D eigenvalue weighted by molar-refractivity contribution is -0.228. The number of primary amides is 1. The Hall–Kier alpha value is -0.690.